The molecule has 2 amide bonds. The average molecular weight is 375 g/mol. The number of amides is 2. The summed E-state index contributed by atoms with van der Waals surface area (Å²) in [6, 6.07) is 12.3. The minimum atomic E-state index is -3.95. The van der Waals surface area contributed by atoms with Crippen LogP contribution in [0.2, 0.25) is 0 Å². The van der Waals surface area contributed by atoms with E-state index in [0.29, 0.717) is 11.4 Å². The van der Waals surface area contributed by atoms with E-state index in [9.17, 15) is 18.0 Å². The molecular weight excluding hydrogens is 358 g/mol. The summed E-state index contributed by atoms with van der Waals surface area (Å²) in [5, 5.41) is 2.57. The van der Waals surface area contributed by atoms with Crippen molar-refractivity contribution in [2.24, 2.45) is 5.73 Å². The minimum absolute atomic E-state index is 0.0199. The lowest BCUT2D eigenvalue weighted by Crippen LogP contribution is -2.49. The van der Waals surface area contributed by atoms with E-state index in [-0.39, 0.29) is 23.1 Å². The summed E-state index contributed by atoms with van der Waals surface area (Å²) in [4.78, 5) is 22.7. The number of benzene rings is 2. The molecule has 1 atom stereocenters. The largest absolute Gasteiger partial charge is 0.476 e. The van der Waals surface area contributed by atoms with Crippen molar-refractivity contribution in [2.45, 2.75) is 17.9 Å². The Morgan fingerprint density at radius 1 is 1.15 bits per heavy atom. The molecule has 8 nitrogen and oxygen atoms in total. The third kappa shape index (κ3) is 3.33. The van der Waals surface area contributed by atoms with E-state index in [0.717, 1.165) is 4.31 Å². The average Bonchev–Trinajstić information content (AvgIpc) is 2.60. The molecule has 1 aliphatic rings. The van der Waals surface area contributed by atoms with Crippen LogP contribution in [-0.2, 0) is 19.6 Å². The fourth-order valence-corrected chi connectivity index (χ4v) is 4.09. The van der Waals surface area contributed by atoms with Crippen molar-refractivity contribution in [3.05, 3.63) is 48.5 Å². The predicted octanol–water partition coefficient (Wildman–Crippen LogP) is 1.09. The second-order valence-electron chi connectivity index (χ2n) is 5.72. The number of hydrogen-bond acceptors (Lipinski definition) is 5. The highest BCUT2D eigenvalue weighted by molar-refractivity contribution is 7.92. The number of fused-ring (bicyclic) bond motifs is 1. The molecule has 1 aliphatic heterocycles. The van der Waals surface area contributed by atoms with E-state index in [1.807, 2.05) is 0 Å². The number of carbonyl (C=O) groups excluding carboxylic acids is 2. The highest BCUT2D eigenvalue weighted by Gasteiger charge is 2.36. The summed E-state index contributed by atoms with van der Waals surface area (Å²) in [7, 11) is -3.95. The van der Waals surface area contributed by atoms with E-state index < -0.39 is 22.0 Å². The topological polar surface area (TPSA) is 119 Å². The van der Waals surface area contributed by atoms with Gasteiger partial charge in [0.2, 0.25) is 5.91 Å². The lowest BCUT2D eigenvalue weighted by Gasteiger charge is -2.34. The summed E-state index contributed by atoms with van der Waals surface area (Å²) in [5.41, 5.74) is 6.12. The van der Waals surface area contributed by atoms with Crippen LogP contribution in [-0.4, -0.2) is 32.9 Å². The first-order chi connectivity index (χ1) is 12.3. The van der Waals surface area contributed by atoms with Crippen molar-refractivity contribution in [2.75, 3.05) is 16.2 Å². The Bertz CT molecular complexity index is 957. The Kier molecular flexibility index (Phi) is 4.56. The fourth-order valence-electron chi connectivity index (χ4n) is 2.62. The van der Waals surface area contributed by atoms with Crippen molar-refractivity contribution in [1.29, 1.82) is 0 Å². The van der Waals surface area contributed by atoms with E-state index in [2.05, 4.69) is 5.32 Å². The second-order valence-corrected chi connectivity index (χ2v) is 7.58. The smallest absolute Gasteiger partial charge is 0.264 e. The number of para-hydroxylation sites is 2. The third-order valence-corrected chi connectivity index (χ3v) is 5.61. The number of hydrogen-bond donors (Lipinski definition) is 2. The first-order valence-electron chi connectivity index (χ1n) is 7.74. The maximum absolute atomic E-state index is 13.1. The van der Waals surface area contributed by atoms with Crippen LogP contribution in [0.25, 0.3) is 0 Å². The maximum atomic E-state index is 13.1. The Hall–Kier alpha value is -3.07. The predicted molar refractivity (Wildman–Crippen MR) is 95.3 cm³/mol. The SMILES string of the molecule is CC(=O)Nc1ccc(S(=O)(=O)N2C[C@@H](C(N)=O)Oc3ccccc32)cc1. The normalized spacial score (nSPS) is 16.3. The van der Waals surface area contributed by atoms with Gasteiger partial charge in [-0.25, -0.2) is 8.42 Å². The lowest BCUT2D eigenvalue weighted by atomic mass is 10.2. The van der Waals surface area contributed by atoms with Gasteiger partial charge < -0.3 is 15.8 Å². The quantitative estimate of drug-likeness (QED) is 0.829. The molecule has 0 radical (unpaired) electrons. The number of anilines is 2. The van der Waals surface area contributed by atoms with Gasteiger partial charge in [-0.2, -0.15) is 0 Å². The van der Waals surface area contributed by atoms with E-state index in [4.69, 9.17) is 10.5 Å². The van der Waals surface area contributed by atoms with Gasteiger partial charge in [-0.1, -0.05) is 12.1 Å². The van der Waals surface area contributed by atoms with Crippen LogP contribution in [0.15, 0.2) is 53.4 Å². The molecule has 3 N–H and O–H groups in total. The van der Waals surface area contributed by atoms with Gasteiger partial charge in [-0.15, -0.1) is 0 Å². The van der Waals surface area contributed by atoms with Crippen molar-refractivity contribution in [3.63, 3.8) is 0 Å². The van der Waals surface area contributed by atoms with E-state index >= 15 is 0 Å². The number of nitrogens with zero attached hydrogens (tertiary/aromatic N) is 1. The summed E-state index contributed by atoms with van der Waals surface area (Å²) in [6.07, 6.45) is -1.08. The maximum Gasteiger partial charge on any atom is 0.264 e. The van der Waals surface area contributed by atoms with Crippen LogP contribution in [0.5, 0.6) is 5.75 Å². The molecule has 0 aliphatic carbocycles. The molecule has 0 fully saturated rings. The van der Waals surface area contributed by atoms with Crippen molar-refractivity contribution >= 4 is 33.2 Å². The van der Waals surface area contributed by atoms with Gasteiger partial charge in [0.05, 0.1) is 17.1 Å². The Morgan fingerprint density at radius 2 is 1.81 bits per heavy atom. The van der Waals surface area contributed by atoms with E-state index in [1.165, 1.54) is 31.2 Å². The molecule has 0 aromatic heterocycles. The number of nitrogens with two attached hydrogens (primary N) is 1. The minimum Gasteiger partial charge on any atom is -0.476 e. The number of nitrogens with one attached hydrogen (secondary N) is 1. The summed E-state index contributed by atoms with van der Waals surface area (Å²) in [5.74, 6) is -0.742. The Morgan fingerprint density at radius 3 is 2.42 bits per heavy atom. The molecule has 0 saturated heterocycles. The molecular formula is C17H17N3O5S. The monoisotopic (exact) mass is 375 g/mol. The summed E-state index contributed by atoms with van der Waals surface area (Å²) in [6.45, 7) is 1.14. The van der Waals surface area contributed by atoms with Gasteiger partial charge >= 0.3 is 0 Å². The third-order valence-electron chi connectivity index (χ3n) is 3.81. The number of sulfonamides is 1. The first kappa shape index (κ1) is 17.7. The molecule has 1 heterocycles. The molecule has 26 heavy (non-hydrogen) atoms. The van der Waals surface area contributed by atoms with Gasteiger partial charge in [0.1, 0.15) is 5.75 Å². The number of ether oxygens (including phenoxy) is 1. The van der Waals surface area contributed by atoms with Gasteiger partial charge in [-0.05, 0) is 36.4 Å². The zero-order chi connectivity index (χ0) is 18.9. The summed E-state index contributed by atoms with van der Waals surface area (Å²) < 4.78 is 32.8. The Balaban J connectivity index is 2.00. The van der Waals surface area contributed by atoms with Crippen LogP contribution in [0.4, 0.5) is 11.4 Å². The molecule has 9 heteroatoms. The first-order valence-corrected chi connectivity index (χ1v) is 9.18. The van der Waals surface area contributed by atoms with Crippen molar-refractivity contribution in [1.82, 2.24) is 0 Å². The van der Waals surface area contributed by atoms with E-state index in [1.54, 1.807) is 24.3 Å². The molecule has 136 valence electrons. The van der Waals surface area contributed by atoms with Gasteiger partial charge in [0.15, 0.2) is 6.10 Å². The lowest BCUT2D eigenvalue weighted by molar-refractivity contribution is -0.124. The van der Waals surface area contributed by atoms with Crippen LogP contribution in [0.1, 0.15) is 6.92 Å². The zero-order valence-electron chi connectivity index (χ0n) is 13.9. The number of rotatable bonds is 4. The zero-order valence-corrected chi connectivity index (χ0v) is 14.7. The van der Waals surface area contributed by atoms with Crippen LogP contribution >= 0.6 is 0 Å². The molecule has 0 spiro atoms. The number of carbonyl (C=O) groups is 2. The molecule has 0 unspecified atom stereocenters. The summed E-state index contributed by atoms with van der Waals surface area (Å²) >= 11 is 0. The van der Waals surface area contributed by atoms with Crippen LogP contribution < -0.4 is 20.1 Å². The highest BCUT2D eigenvalue weighted by atomic mass is 32.2. The van der Waals surface area contributed by atoms with Crippen molar-refractivity contribution in [3.8, 4) is 5.75 Å². The molecule has 2 aromatic carbocycles. The van der Waals surface area contributed by atoms with Gasteiger partial charge in [0.25, 0.3) is 15.9 Å². The second kappa shape index (κ2) is 6.68. The highest BCUT2D eigenvalue weighted by Crippen LogP contribution is 2.36. The molecule has 3 rings (SSSR count). The molecule has 0 saturated carbocycles. The molecule has 2 aromatic rings. The Labute approximate surface area is 150 Å². The molecule has 0 bridgehead atoms. The van der Waals surface area contributed by atoms with Gasteiger partial charge in [-0.3, -0.25) is 13.9 Å². The fraction of sp³-hybridized carbons (Fsp3) is 0.176. The number of primary amides is 1. The van der Waals surface area contributed by atoms with Crippen LogP contribution in [0, 0.1) is 0 Å². The van der Waals surface area contributed by atoms with Crippen LogP contribution in [0.3, 0.4) is 0 Å². The van der Waals surface area contributed by atoms with Crippen molar-refractivity contribution < 1.29 is 22.7 Å². The standard InChI is InChI=1S/C17H17N3O5S/c1-11(21)19-12-6-8-13(9-7-12)26(23,24)20-10-16(17(18)22)25-15-5-3-2-4-14(15)20/h2-9,16H,10H2,1H3,(H2,18,22)(H,19,21)/t16-/m0/s1. The van der Waals surface area contributed by atoms with Gasteiger partial charge in [0, 0.05) is 12.6 Å².